The second-order valence-corrected chi connectivity index (χ2v) is 7.92. The van der Waals surface area contributed by atoms with Crippen LogP contribution >= 0.6 is 0 Å². The summed E-state index contributed by atoms with van der Waals surface area (Å²) in [6.45, 7) is 8.60. The van der Waals surface area contributed by atoms with Crippen LogP contribution in [0.15, 0.2) is 0 Å². The van der Waals surface area contributed by atoms with Crippen molar-refractivity contribution in [2.75, 3.05) is 39.8 Å². The van der Waals surface area contributed by atoms with Gasteiger partial charge in [-0.1, -0.05) is 26.2 Å². The predicted octanol–water partition coefficient (Wildman–Crippen LogP) is 2.71. The van der Waals surface area contributed by atoms with Crippen molar-refractivity contribution < 1.29 is 0 Å². The molecule has 2 unspecified atom stereocenters. The lowest BCUT2D eigenvalue weighted by Gasteiger charge is -2.42. The summed E-state index contributed by atoms with van der Waals surface area (Å²) >= 11 is 0. The van der Waals surface area contributed by atoms with Gasteiger partial charge in [0.25, 0.3) is 0 Å². The van der Waals surface area contributed by atoms with E-state index in [2.05, 4.69) is 29.1 Å². The maximum Gasteiger partial charge on any atom is 0.0223 e. The molecule has 0 amide bonds. The van der Waals surface area contributed by atoms with E-state index in [1.807, 2.05) is 0 Å². The smallest absolute Gasteiger partial charge is 0.0223 e. The van der Waals surface area contributed by atoms with Gasteiger partial charge in [-0.3, -0.25) is 4.90 Å². The van der Waals surface area contributed by atoms with E-state index in [4.69, 9.17) is 0 Å². The van der Waals surface area contributed by atoms with Crippen molar-refractivity contribution in [2.45, 2.75) is 70.4 Å². The van der Waals surface area contributed by atoms with Gasteiger partial charge < -0.3 is 10.2 Å². The van der Waals surface area contributed by atoms with Crippen molar-refractivity contribution in [1.29, 1.82) is 0 Å². The number of nitrogens with zero attached hydrogens (tertiary/aromatic N) is 2. The molecule has 1 N–H and O–H groups in total. The van der Waals surface area contributed by atoms with E-state index < -0.39 is 0 Å². The van der Waals surface area contributed by atoms with Gasteiger partial charge in [-0.2, -0.15) is 0 Å². The molecule has 3 fully saturated rings. The van der Waals surface area contributed by atoms with Crippen LogP contribution in [0.4, 0.5) is 0 Å². The Labute approximate surface area is 131 Å². The maximum absolute atomic E-state index is 3.67. The lowest BCUT2D eigenvalue weighted by Crippen LogP contribution is -2.47. The molecule has 3 aliphatic rings. The van der Waals surface area contributed by atoms with Gasteiger partial charge in [-0.25, -0.2) is 0 Å². The Balaban J connectivity index is 1.62. The molecule has 0 aromatic heterocycles. The quantitative estimate of drug-likeness (QED) is 0.841. The normalized spacial score (nSPS) is 34.0. The highest BCUT2D eigenvalue weighted by Gasteiger charge is 2.38. The highest BCUT2D eigenvalue weighted by Crippen LogP contribution is 2.38. The minimum absolute atomic E-state index is 0.566. The molecule has 3 nitrogen and oxygen atoms in total. The predicted molar refractivity (Wildman–Crippen MR) is 89.7 cm³/mol. The summed E-state index contributed by atoms with van der Waals surface area (Å²) in [6.07, 6.45) is 11.5. The van der Waals surface area contributed by atoms with E-state index in [0.717, 1.165) is 18.6 Å². The van der Waals surface area contributed by atoms with Gasteiger partial charge in [-0.05, 0) is 57.7 Å². The second-order valence-electron chi connectivity index (χ2n) is 7.92. The van der Waals surface area contributed by atoms with Gasteiger partial charge in [0.15, 0.2) is 0 Å². The Kier molecular flexibility index (Phi) is 5.23. The fraction of sp³-hybridized carbons (Fsp3) is 1.00. The summed E-state index contributed by atoms with van der Waals surface area (Å²) < 4.78 is 0. The highest BCUT2D eigenvalue weighted by molar-refractivity contribution is 4.94. The fourth-order valence-electron chi connectivity index (χ4n) is 5.08. The third kappa shape index (κ3) is 3.62. The topological polar surface area (TPSA) is 18.5 Å². The number of likely N-dealkylation sites (tertiary alicyclic amines) is 1. The molecular formula is C18H35N3. The minimum Gasteiger partial charge on any atom is -0.316 e. The zero-order valence-electron chi connectivity index (χ0n) is 14.2. The Hall–Kier alpha value is -0.120. The van der Waals surface area contributed by atoms with Gasteiger partial charge >= 0.3 is 0 Å². The van der Waals surface area contributed by atoms with Gasteiger partial charge in [0.05, 0.1) is 0 Å². The van der Waals surface area contributed by atoms with Gasteiger partial charge in [0.2, 0.25) is 0 Å². The Bertz CT molecular complexity index is 324. The van der Waals surface area contributed by atoms with Crippen LogP contribution in [0.1, 0.15) is 58.3 Å². The standard InChI is InChI=1S/C18H35N3/c1-3-19-14-18(10-5-4-6-11-18)15-21-12-9-16-7-8-17(13-21)20(16)2/h16-17,19H,3-15H2,1-2H3. The number of fused-ring (bicyclic) bond motifs is 2. The average Bonchev–Trinajstić information content (AvgIpc) is 2.75. The maximum atomic E-state index is 3.67. The molecule has 2 saturated heterocycles. The summed E-state index contributed by atoms with van der Waals surface area (Å²) in [6, 6.07) is 1.70. The van der Waals surface area contributed by atoms with Crippen molar-refractivity contribution in [3.63, 3.8) is 0 Å². The van der Waals surface area contributed by atoms with Crippen molar-refractivity contribution in [3.8, 4) is 0 Å². The first-order valence-electron chi connectivity index (χ1n) is 9.37. The third-order valence-corrected chi connectivity index (χ3v) is 6.46. The van der Waals surface area contributed by atoms with Gasteiger partial charge in [0.1, 0.15) is 0 Å². The first-order valence-corrected chi connectivity index (χ1v) is 9.37. The van der Waals surface area contributed by atoms with Crippen molar-refractivity contribution in [2.24, 2.45) is 5.41 Å². The molecule has 1 saturated carbocycles. The van der Waals surface area contributed by atoms with E-state index >= 15 is 0 Å². The molecule has 3 rings (SSSR count). The van der Waals surface area contributed by atoms with Crippen LogP contribution in [0.25, 0.3) is 0 Å². The summed E-state index contributed by atoms with van der Waals surface area (Å²) in [5.41, 5.74) is 0.566. The minimum atomic E-state index is 0.566. The number of rotatable bonds is 5. The number of likely N-dealkylation sites (N-methyl/N-ethyl adjacent to an activating group) is 1. The van der Waals surface area contributed by atoms with Crippen LogP contribution in [0.5, 0.6) is 0 Å². The Morgan fingerprint density at radius 3 is 2.57 bits per heavy atom. The van der Waals surface area contributed by atoms with E-state index in [1.54, 1.807) is 0 Å². The van der Waals surface area contributed by atoms with Gasteiger partial charge in [-0.15, -0.1) is 0 Å². The second kappa shape index (κ2) is 6.97. The monoisotopic (exact) mass is 293 g/mol. The Morgan fingerprint density at radius 1 is 1.05 bits per heavy atom. The number of nitrogens with one attached hydrogen (secondary N) is 1. The fourth-order valence-corrected chi connectivity index (χ4v) is 5.08. The SMILES string of the molecule is CCNCC1(CN2CCC3CCC(C2)N3C)CCCCC1. The molecule has 2 heterocycles. The molecule has 2 atom stereocenters. The van der Waals surface area contributed by atoms with E-state index in [9.17, 15) is 0 Å². The van der Waals surface area contributed by atoms with Gasteiger partial charge in [0, 0.05) is 31.7 Å². The summed E-state index contributed by atoms with van der Waals surface area (Å²) in [5, 5.41) is 3.67. The third-order valence-electron chi connectivity index (χ3n) is 6.46. The molecule has 0 radical (unpaired) electrons. The lowest BCUT2D eigenvalue weighted by atomic mass is 9.73. The summed E-state index contributed by atoms with van der Waals surface area (Å²) in [5.74, 6) is 0. The molecule has 0 aromatic rings. The molecule has 0 spiro atoms. The lowest BCUT2D eigenvalue weighted by molar-refractivity contribution is 0.0960. The molecule has 122 valence electrons. The van der Waals surface area contributed by atoms with Crippen molar-refractivity contribution in [3.05, 3.63) is 0 Å². The zero-order valence-corrected chi connectivity index (χ0v) is 14.2. The van der Waals surface area contributed by atoms with Crippen LogP contribution in [0.2, 0.25) is 0 Å². The van der Waals surface area contributed by atoms with Crippen LogP contribution in [-0.4, -0.2) is 61.7 Å². The first kappa shape index (κ1) is 15.8. The number of hydrogen-bond donors (Lipinski definition) is 1. The largest absolute Gasteiger partial charge is 0.316 e. The Morgan fingerprint density at radius 2 is 1.81 bits per heavy atom. The van der Waals surface area contributed by atoms with E-state index in [1.165, 1.54) is 77.5 Å². The molecule has 2 bridgehead atoms. The summed E-state index contributed by atoms with van der Waals surface area (Å²) in [7, 11) is 2.36. The first-order chi connectivity index (χ1) is 10.2. The number of hydrogen-bond acceptors (Lipinski definition) is 3. The van der Waals surface area contributed by atoms with Crippen LogP contribution in [0.3, 0.4) is 0 Å². The molecule has 2 aliphatic heterocycles. The van der Waals surface area contributed by atoms with Crippen LogP contribution in [0, 0.1) is 5.41 Å². The van der Waals surface area contributed by atoms with Crippen molar-refractivity contribution in [1.82, 2.24) is 15.1 Å². The van der Waals surface area contributed by atoms with Crippen LogP contribution < -0.4 is 5.32 Å². The average molecular weight is 293 g/mol. The van der Waals surface area contributed by atoms with E-state index in [0.29, 0.717) is 5.41 Å². The van der Waals surface area contributed by atoms with Crippen molar-refractivity contribution >= 4 is 0 Å². The van der Waals surface area contributed by atoms with E-state index in [-0.39, 0.29) is 0 Å². The summed E-state index contributed by atoms with van der Waals surface area (Å²) in [4.78, 5) is 5.50. The molecule has 3 heteroatoms. The highest BCUT2D eigenvalue weighted by atomic mass is 15.3. The van der Waals surface area contributed by atoms with Crippen LogP contribution in [-0.2, 0) is 0 Å². The molecule has 0 aromatic carbocycles. The molecule has 1 aliphatic carbocycles. The molecular weight excluding hydrogens is 258 g/mol. The zero-order chi connectivity index (χ0) is 14.7. The molecule has 21 heavy (non-hydrogen) atoms.